The lowest BCUT2D eigenvalue weighted by atomic mass is 10.2. The fourth-order valence-electron chi connectivity index (χ4n) is 1.40. The maximum Gasteiger partial charge on any atom is 0.290 e. The number of H-pyrrole nitrogens is 1. The summed E-state index contributed by atoms with van der Waals surface area (Å²) < 4.78 is 1.07. The van der Waals surface area contributed by atoms with Crippen LogP contribution in [0.3, 0.4) is 0 Å². The fraction of sp³-hybridized carbons (Fsp3) is 0.0909. The Morgan fingerprint density at radius 3 is 2.41 bits per heavy atom. The van der Waals surface area contributed by atoms with Gasteiger partial charge < -0.3 is 5.73 Å². The van der Waals surface area contributed by atoms with E-state index in [1.165, 1.54) is 0 Å². The van der Waals surface area contributed by atoms with E-state index in [2.05, 4.69) is 5.10 Å². The molecule has 2 aromatic rings. The number of rotatable bonds is 1. The molecule has 6 heteroatoms. The van der Waals surface area contributed by atoms with E-state index in [0.29, 0.717) is 5.69 Å². The van der Waals surface area contributed by atoms with Crippen LogP contribution >= 0.6 is 11.6 Å². The van der Waals surface area contributed by atoms with Crippen LogP contribution in [0.2, 0.25) is 5.02 Å². The normalized spacial score (nSPS) is 10.5. The molecule has 0 fully saturated rings. The molecule has 0 spiro atoms. The molecular formula is C11H10ClN3O2. The average Bonchev–Trinajstić information content (AvgIpc) is 2.32. The second-order valence-electron chi connectivity index (χ2n) is 3.64. The number of aromatic nitrogens is 2. The minimum atomic E-state index is -0.588. The number of nitrogens with one attached hydrogen (secondary N) is 1. The topological polar surface area (TPSA) is 80.9 Å². The van der Waals surface area contributed by atoms with E-state index in [1.54, 1.807) is 12.1 Å². The summed E-state index contributed by atoms with van der Waals surface area (Å²) in [7, 11) is 0. The molecule has 0 bridgehead atoms. The summed E-state index contributed by atoms with van der Waals surface area (Å²) in [4.78, 5) is 23.2. The highest BCUT2D eigenvalue weighted by atomic mass is 35.5. The Kier molecular flexibility index (Phi) is 2.77. The molecule has 17 heavy (non-hydrogen) atoms. The summed E-state index contributed by atoms with van der Waals surface area (Å²) in [5, 5.41) is 2.09. The van der Waals surface area contributed by atoms with Gasteiger partial charge in [-0.25, -0.2) is 4.68 Å². The predicted octanol–water partition coefficient (Wildman–Crippen LogP) is 1.07. The molecule has 1 aromatic carbocycles. The maximum absolute atomic E-state index is 11.8. The first kappa shape index (κ1) is 11.5. The number of benzene rings is 1. The quantitative estimate of drug-likeness (QED) is 0.796. The maximum atomic E-state index is 11.8. The van der Waals surface area contributed by atoms with Crippen molar-refractivity contribution in [3.05, 3.63) is 55.6 Å². The van der Waals surface area contributed by atoms with Gasteiger partial charge in [-0.1, -0.05) is 29.3 Å². The van der Waals surface area contributed by atoms with Crippen LogP contribution in [-0.2, 0) is 0 Å². The lowest BCUT2D eigenvalue weighted by Crippen LogP contribution is -2.30. The van der Waals surface area contributed by atoms with Crippen molar-refractivity contribution in [1.29, 1.82) is 0 Å². The van der Waals surface area contributed by atoms with E-state index < -0.39 is 11.1 Å². The van der Waals surface area contributed by atoms with E-state index in [1.807, 2.05) is 19.1 Å². The van der Waals surface area contributed by atoms with Gasteiger partial charge in [0.05, 0.1) is 5.69 Å². The number of nitrogens with zero attached hydrogens (tertiary/aromatic N) is 1. The Hall–Kier alpha value is -2.01. The largest absolute Gasteiger partial charge is 0.393 e. The van der Waals surface area contributed by atoms with E-state index in [-0.39, 0.29) is 10.7 Å². The van der Waals surface area contributed by atoms with Crippen molar-refractivity contribution in [2.45, 2.75) is 6.92 Å². The molecule has 1 aromatic heterocycles. The first-order valence-corrected chi connectivity index (χ1v) is 5.26. The van der Waals surface area contributed by atoms with Gasteiger partial charge in [0.15, 0.2) is 0 Å². The summed E-state index contributed by atoms with van der Waals surface area (Å²) in [5.41, 5.74) is 5.54. The van der Waals surface area contributed by atoms with Crippen LogP contribution in [0.5, 0.6) is 0 Å². The van der Waals surface area contributed by atoms with Gasteiger partial charge in [-0.3, -0.25) is 14.7 Å². The van der Waals surface area contributed by atoms with Gasteiger partial charge in [-0.15, -0.1) is 0 Å². The Balaban J connectivity index is 2.73. The summed E-state index contributed by atoms with van der Waals surface area (Å²) in [6, 6.07) is 7.06. The molecule has 0 aliphatic heterocycles. The molecule has 2 rings (SSSR count). The number of hydrogen-bond acceptors (Lipinski definition) is 3. The third-order valence-electron chi connectivity index (χ3n) is 2.38. The number of nitrogen functional groups attached to an aromatic ring is 1. The molecule has 0 aliphatic carbocycles. The lowest BCUT2D eigenvalue weighted by molar-refractivity contribution is 0.789. The van der Waals surface area contributed by atoms with Crippen molar-refractivity contribution in [3.8, 4) is 5.69 Å². The van der Waals surface area contributed by atoms with Gasteiger partial charge in [0, 0.05) is 0 Å². The molecule has 1 heterocycles. The van der Waals surface area contributed by atoms with Crippen LogP contribution in [0.15, 0.2) is 33.9 Å². The highest BCUT2D eigenvalue weighted by Crippen LogP contribution is 2.09. The Morgan fingerprint density at radius 2 is 1.82 bits per heavy atom. The highest BCUT2D eigenvalue weighted by Gasteiger charge is 2.10. The number of nitrogens with two attached hydrogens (primary N) is 1. The molecule has 88 valence electrons. The van der Waals surface area contributed by atoms with Crippen LogP contribution in [-0.4, -0.2) is 9.78 Å². The number of halogens is 1. The smallest absolute Gasteiger partial charge is 0.290 e. The molecule has 0 saturated heterocycles. The third kappa shape index (κ3) is 1.97. The van der Waals surface area contributed by atoms with Crippen molar-refractivity contribution >= 4 is 17.3 Å². The zero-order valence-corrected chi connectivity index (χ0v) is 9.78. The molecule has 0 amide bonds. The second kappa shape index (κ2) is 4.10. The predicted molar refractivity (Wildman–Crippen MR) is 66.8 cm³/mol. The molecule has 0 unspecified atom stereocenters. The molecule has 5 nitrogen and oxygen atoms in total. The van der Waals surface area contributed by atoms with Crippen LogP contribution < -0.4 is 16.9 Å². The van der Waals surface area contributed by atoms with Gasteiger partial charge in [-0.05, 0) is 19.1 Å². The molecule has 0 saturated carbocycles. The number of aromatic amines is 1. The van der Waals surface area contributed by atoms with Crippen LogP contribution in [0.25, 0.3) is 5.69 Å². The van der Waals surface area contributed by atoms with Crippen molar-refractivity contribution in [1.82, 2.24) is 9.78 Å². The van der Waals surface area contributed by atoms with Crippen molar-refractivity contribution in [2.75, 3.05) is 5.73 Å². The van der Waals surface area contributed by atoms with Gasteiger partial charge in [0.2, 0.25) is 0 Å². The lowest BCUT2D eigenvalue weighted by Gasteiger charge is -2.07. The number of hydrogen-bond donors (Lipinski definition) is 2. The molecule has 0 atom stereocenters. The van der Waals surface area contributed by atoms with E-state index in [4.69, 9.17) is 17.3 Å². The summed E-state index contributed by atoms with van der Waals surface area (Å²) in [5.74, 6) is 0. The Labute approximate surface area is 101 Å². The van der Waals surface area contributed by atoms with E-state index >= 15 is 0 Å². The Bertz CT molecular complexity index is 671. The SMILES string of the molecule is Cc1ccc(-n2[nH]c(=O)c(N)c(Cl)c2=O)cc1. The van der Waals surface area contributed by atoms with Crippen LogP contribution in [0, 0.1) is 6.92 Å². The standard InChI is InChI=1S/C11H10ClN3O2/c1-6-2-4-7(5-3-6)15-11(17)8(12)9(13)10(16)14-15/h2-5H,13H2,1H3,(H,14,16). The molecule has 3 N–H and O–H groups in total. The van der Waals surface area contributed by atoms with Gasteiger partial charge in [-0.2, -0.15) is 0 Å². The third-order valence-corrected chi connectivity index (χ3v) is 2.74. The van der Waals surface area contributed by atoms with Gasteiger partial charge in [0.25, 0.3) is 11.1 Å². The van der Waals surface area contributed by atoms with Crippen molar-refractivity contribution in [3.63, 3.8) is 0 Å². The van der Waals surface area contributed by atoms with E-state index in [0.717, 1.165) is 10.2 Å². The fourth-order valence-corrected chi connectivity index (χ4v) is 1.57. The van der Waals surface area contributed by atoms with Gasteiger partial charge >= 0.3 is 0 Å². The first-order chi connectivity index (χ1) is 8.00. The minimum absolute atomic E-state index is 0.264. The van der Waals surface area contributed by atoms with E-state index in [9.17, 15) is 9.59 Å². The summed E-state index contributed by atoms with van der Waals surface area (Å²) >= 11 is 5.69. The zero-order valence-electron chi connectivity index (χ0n) is 9.03. The highest BCUT2D eigenvalue weighted by molar-refractivity contribution is 6.32. The monoisotopic (exact) mass is 251 g/mol. The van der Waals surface area contributed by atoms with Crippen molar-refractivity contribution in [2.24, 2.45) is 0 Å². The summed E-state index contributed by atoms with van der Waals surface area (Å²) in [6.45, 7) is 1.92. The molecular weight excluding hydrogens is 242 g/mol. The second-order valence-corrected chi connectivity index (χ2v) is 4.02. The molecule has 0 aliphatic rings. The van der Waals surface area contributed by atoms with Crippen LogP contribution in [0.1, 0.15) is 5.56 Å². The number of aryl methyl sites for hydroxylation is 1. The molecule has 0 radical (unpaired) electrons. The Morgan fingerprint density at radius 1 is 1.24 bits per heavy atom. The minimum Gasteiger partial charge on any atom is -0.393 e. The zero-order chi connectivity index (χ0) is 12.6. The average molecular weight is 252 g/mol. The number of anilines is 1. The first-order valence-electron chi connectivity index (χ1n) is 4.88. The van der Waals surface area contributed by atoms with Gasteiger partial charge in [0.1, 0.15) is 10.7 Å². The van der Waals surface area contributed by atoms with Crippen LogP contribution in [0.4, 0.5) is 5.69 Å². The van der Waals surface area contributed by atoms with Crippen molar-refractivity contribution < 1.29 is 0 Å². The summed E-state index contributed by atoms with van der Waals surface area (Å²) in [6.07, 6.45) is 0.